The molecule has 0 saturated heterocycles. The molecule has 0 aliphatic heterocycles. The first kappa shape index (κ1) is 14.1. The third-order valence-corrected chi connectivity index (χ3v) is 4.28. The van der Waals surface area contributed by atoms with Gasteiger partial charge in [0.1, 0.15) is 11.5 Å². The minimum Gasteiger partial charge on any atom is -0.456 e. The summed E-state index contributed by atoms with van der Waals surface area (Å²) in [7, 11) is 0. The van der Waals surface area contributed by atoms with Crippen LogP contribution in [0.1, 0.15) is 18.5 Å². The van der Waals surface area contributed by atoms with Crippen LogP contribution in [-0.2, 0) is 0 Å². The molecular weight excluding hydrogens is 326 g/mol. The Balaban J connectivity index is 2.05. The van der Waals surface area contributed by atoms with Crippen LogP contribution in [0.5, 0.6) is 11.5 Å². The SMILES string of the molecule is C[C@@H](N)c1ccccc1Oc1ccc2ccccc2c1Br. The highest BCUT2D eigenvalue weighted by Gasteiger charge is 2.11. The molecule has 3 aromatic rings. The molecule has 0 heterocycles. The highest BCUT2D eigenvalue weighted by molar-refractivity contribution is 9.10. The molecule has 0 saturated carbocycles. The topological polar surface area (TPSA) is 35.2 Å². The molecule has 106 valence electrons. The zero-order valence-electron chi connectivity index (χ0n) is 11.7. The van der Waals surface area contributed by atoms with Gasteiger partial charge in [0.15, 0.2) is 0 Å². The lowest BCUT2D eigenvalue weighted by Gasteiger charge is -2.15. The Labute approximate surface area is 132 Å². The zero-order valence-corrected chi connectivity index (χ0v) is 13.3. The molecule has 0 unspecified atom stereocenters. The van der Waals surface area contributed by atoms with Crippen LogP contribution in [0.25, 0.3) is 10.8 Å². The van der Waals surface area contributed by atoms with Crippen LogP contribution < -0.4 is 10.5 Å². The molecule has 0 radical (unpaired) electrons. The maximum Gasteiger partial charge on any atom is 0.142 e. The number of ether oxygens (including phenoxy) is 1. The van der Waals surface area contributed by atoms with Crippen LogP contribution >= 0.6 is 15.9 Å². The maximum absolute atomic E-state index is 6.08. The van der Waals surface area contributed by atoms with Crippen molar-refractivity contribution in [3.05, 3.63) is 70.7 Å². The van der Waals surface area contributed by atoms with Crippen molar-refractivity contribution in [2.75, 3.05) is 0 Å². The summed E-state index contributed by atoms with van der Waals surface area (Å²) >= 11 is 3.64. The molecule has 3 heteroatoms. The third-order valence-electron chi connectivity index (χ3n) is 3.46. The molecule has 2 N–H and O–H groups in total. The predicted molar refractivity (Wildman–Crippen MR) is 90.8 cm³/mol. The molecule has 0 amide bonds. The van der Waals surface area contributed by atoms with Crippen LogP contribution in [0.2, 0.25) is 0 Å². The highest BCUT2D eigenvalue weighted by Crippen LogP contribution is 2.37. The number of halogens is 1. The summed E-state index contributed by atoms with van der Waals surface area (Å²) in [6.07, 6.45) is 0. The summed E-state index contributed by atoms with van der Waals surface area (Å²) in [4.78, 5) is 0. The van der Waals surface area contributed by atoms with Gasteiger partial charge in [-0.3, -0.25) is 0 Å². The summed E-state index contributed by atoms with van der Waals surface area (Å²) in [5, 5.41) is 2.31. The minimum atomic E-state index is -0.0690. The van der Waals surface area contributed by atoms with E-state index in [-0.39, 0.29) is 6.04 Å². The Bertz CT molecular complexity index is 783. The fourth-order valence-electron chi connectivity index (χ4n) is 2.36. The first-order chi connectivity index (χ1) is 10.2. The van der Waals surface area contributed by atoms with Gasteiger partial charge in [0.2, 0.25) is 0 Å². The minimum absolute atomic E-state index is 0.0690. The number of hydrogen-bond acceptors (Lipinski definition) is 2. The molecular formula is C18H16BrNO. The largest absolute Gasteiger partial charge is 0.456 e. The van der Waals surface area contributed by atoms with Gasteiger partial charge in [-0.05, 0) is 45.8 Å². The van der Waals surface area contributed by atoms with Gasteiger partial charge in [0.05, 0.1) is 4.47 Å². The lowest BCUT2D eigenvalue weighted by atomic mass is 10.1. The number of para-hydroxylation sites is 1. The average Bonchev–Trinajstić information content (AvgIpc) is 2.51. The van der Waals surface area contributed by atoms with Crippen LogP contribution in [0.15, 0.2) is 65.1 Å². The second-order valence-corrected chi connectivity index (χ2v) is 5.82. The second-order valence-electron chi connectivity index (χ2n) is 5.03. The molecule has 0 bridgehead atoms. The van der Waals surface area contributed by atoms with Gasteiger partial charge in [-0.15, -0.1) is 0 Å². The van der Waals surface area contributed by atoms with Gasteiger partial charge >= 0.3 is 0 Å². The van der Waals surface area contributed by atoms with Crippen molar-refractivity contribution in [2.45, 2.75) is 13.0 Å². The van der Waals surface area contributed by atoms with E-state index in [1.54, 1.807) is 0 Å². The fraction of sp³-hybridized carbons (Fsp3) is 0.111. The number of fused-ring (bicyclic) bond motifs is 1. The van der Waals surface area contributed by atoms with Gasteiger partial charge < -0.3 is 10.5 Å². The van der Waals surface area contributed by atoms with E-state index in [1.807, 2.05) is 49.4 Å². The van der Waals surface area contributed by atoms with E-state index in [0.29, 0.717) is 0 Å². The summed E-state index contributed by atoms with van der Waals surface area (Å²) in [5.74, 6) is 1.59. The van der Waals surface area contributed by atoms with Crippen molar-refractivity contribution in [1.82, 2.24) is 0 Å². The summed E-state index contributed by atoms with van der Waals surface area (Å²) in [6, 6.07) is 20.0. The molecule has 0 aliphatic rings. The van der Waals surface area contributed by atoms with E-state index in [9.17, 15) is 0 Å². The molecule has 3 rings (SSSR count). The first-order valence-electron chi connectivity index (χ1n) is 6.86. The Hall–Kier alpha value is -1.84. The molecule has 3 aromatic carbocycles. The molecule has 2 nitrogen and oxygen atoms in total. The van der Waals surface area contributed by atoms with E-state index >= 15 is 0 Å². The van der Waals surface area contributed by atoms with E-state index in [2.05, 4.69) is 34.1 Å². The van der Waals surface area contributed by atoms with Crippen molar-refractivity contribution in [1.29, 1.82) is 0 Å². The summed E-state index contributed by atoms with van der Waals surface area (Å²) < 4.78 is 7.04. The van der Waals surface area contributed by atoms with Crippen LogP contribution in [0.4, 0.5) is 0 Å². The molecule has 0 spiro atoms. The molecule has 0 aliphatic carbocycles. The van der Waals surface area contributed by atoms with E-state index in [1.165, 1.54) is 5.39 Å². The summed E-state index contributed by atoms with van der Waals surface area (Å²) in [6.45, 7) is 1.96. The van der Waals surface area contributed by atoms with Gasteiger partial charge in [-0.1, -0.05) is 48.5 Å². The monoisotopic (exact) mass is 341 g/mol. The van der Waals surface area contributed by atoms with Gasteiger partial charge in [-0.25, -0.2) is 0 Å². The van der Waals surface area contributed by atoms with E-state index < -0.39 is 0 Å². The Morgan fingerprint density at radius 1 is 0.905 bits per heavy atom. The van der Waals surface area contributed by atoms with Crippen molar-refractivity contribution < 1.29 is 4.74 Å². The van der Waals surface area contributed by atoms with Crippen molar-refractivity contribution >= 4 is 26.7 Å². The number of nitrogens with two attached hydrogens (primary N) is 1. The number of rotatable bonds is 3. The van der Waals surface area contributed by atoms with E-state index in [0.717, 1.165) is 26.9 Å². The lowest BCUT2D eigenvalue weighted by Crippen LogP contribution is -2.06. The molecule has 21 heavy (non-hydrogen) atoms. The maximum atomic E-state index is 6.08. The smallest absolute Gasteiger partial charge is 0.142 e. The average molecular weight is 342 g/mol. The standard InChI is InChI=1S/C18H16BrNO/c1-12(20)14-7-4-5-9-16(14)21-17-11-10-13-6-2-3-8-15(13)18(17)19/h2-12H,20H2,1H3/t12-/m1/s1. The third kappa shape index (κ3) is 2.80. The van der Waals surface area contributed by atoms with Crippen molar-refractivity contribution in [2.24, 2.45) is 5.73 Å². The second kappa shape index (κ2) is 5.88. The van der Waals surface area contributed by atoms with E-state index in [4.69, 9.17) is 10.5 Å². The highest BCUT2D eigenvalue weighted by atomic mass is 79.9. The zero-order chi connectivity index (χ0) is 14.8. The van der Waals surface area contributed by atoms with Crippen LogP contribution in [0.3, 0.4) is 0 Å². The molecule has 1 atom stereocenters. The normalized spacial score (nSPS) is 12.3. The van der Waals surface area contributed by atoms with Crippen LogP contribution in [-0.4, -0.2) is 0 Å². The van der Waals surface area contributed by atoms with Crippen molar-refractivity contribution in [3.8, 4) is 11.5 Å². The molecule has 0 aromatic heterocycles. The summed E-state index contributed by atoms with van der Waals surface area (Å²) in [5.41, 5.74) is 7.00. The Morgan fingerprint density at radius 2 is 1.62 bits per heavy atom. The first-order valence-corrected chi connectivity index (χ1v) is 7.65. The fourth-order valence-corrected chi connectivity index (χ4v) is 2.93. The lowest BCUT2D eigenvalue weighted by molar-refractivity contribution is 0.470. The Morgan fingerprint density at radius 3 is 2.43 bits per heavy atom. The van der Waals surface area contributed by atoms with Crippen molar-refractivity contribution in [3.63, 3.8) is 0 Å². The van der Waals surface area contributed by atoms with Crippen LogP contribution in [0, 0.1) is 0 Å². The predicted octanol–water partition coefficient (Wildman–Crippen LogP) is 5.41. The van der Waals surface area contributed by atoms with Gasteiger partial charge in [0, 0.05) is 11.6 Å². The number of hydrogen-bond donors (Lipinski definition) is 1. The van der Waals surface area contributed by atoms with Gasteiger partial charge in [-0.2, -0.15) is 0 Å². The molecule has 0 fully saturated rings. The quantitative estimate of drug-likeness (QED) is 0.690. The van der Waals surface area contributed by atoms with Gasteiger partial charge in [0.25, 0.3) is 0 Å². The Kier molecular flexibility index (Phi) is 3.95. The number of benzene rings is 3.